The van der Waals surface area contributed by atoms with Crippen LogP contribution in [0.1, 0.15) is 24.0 Å². The van der Waals surface area contributed by atoms with Gasteiger partial charge >= 0.3 is 5.97 Å². The van der Waals surface area contributed by atoms with Crippen LogP contribution in [-0.2, 0) is 9.53 Å². The van der Waals surface area contributed by atoms with Crippen molar-refractivity contribution >= 4 is 27.8 Å². The van der Waals surface area contributed by atoms with E-state index < -0.39 is 5.92 Å². The Bertz CT molecular complexity index is 1550. The minimum absolute atomic E-state index is 0.263. The van der Waals surface area contributed by atoms with Gasteiger partial charge in [0.05, 0.1) is 18.0 Å². The van der Waals surface area contributed by atoms with E-state index in [-0.39, 0.29) is 5.97 Å². The topological polar surface area (TPSA) is 57.9 Å². The van der Waals surface area contributed by atoms with Crippen molar-refractivity contribution < 1.29 is 9.53 Å². The van der Waals surface area contributed by atoms with Gasteiger partial charge in [-0.2, -0.15) is 0 Å². The molecule has 4 aromatic carbocycles. The van der Waals surface area contributed by atoms with Crippen molar-refractivity contribution in [2.24, 2.45) is 0 Å². The van der Waals surface area contributed by atoms with Gasteiger partial charge in [-0.3, -0.25) is 4.79 Å². The molecule has 0 unspecified atom stereocenters. The molecule has 0 bridgehead atoms. The van der Waals surface area contributed by atoms with Crippen molar-refractivity contribution in [2.45, 2.75) is 12.8 Å². The number of aromatic amines is 2. The van der Waals surface area contributed by atoms with Crippen molar-refractivity contribution in [1.82, 2.24) is 9.97 Å². The summed E-state index contributed by atoms with van der Waals surface area (Å²) in [5, 5.41) is 2.03. The maximum Gasteiger partial charge on any atom is 0.318 e. The number of ether oxygens (including phenoxy) is 1. The Morgan fingerprint density at radius 3 is 1.50 bits per heavy atom. The van der Waals surface area contributed by atoms with E-state index in [1.165, 1.54) is 0 Å². The number of rotatable bonds is 6. The summed E-state index contributed by atoms with van der Waals surface area (Å²) < 4.78 is 5.76. The molecular weight excluding hydrogens is 444 g/mol. The van der Waals surface area contributed by atoms with Crippen molar-refractivity contribution in [2.75, 3.05) is 6.61 Å². The van der Waals surface area contributed by atoms with Crippen LogP contribution in [-0.4, -0.2) is 22.5 Å². The molecule has 0 atom stereocenters. The summed E-state index contributed by atoms with van der Waals surface area (Å²) in [4.78, 5) is 21.2. The lowest BCUT2D eigenvalue weighted by Crippen LogP contribution is -2.18. The van der Waals surface area contributed by atoms with Crippen molar-refractivity contribution in [1.29, 1.82) is 0 Å². The first-order chi connectivity index (χ1) is 17.8. The highest BCUT2D eigenvalue weighted by molar-refractivity contribution is 6.03. The molecule has 2 aromatic heterocycles. The molecule has 36 heavy (non-hydrogen) atoms. The summed E-state index contributed by atoms with van der Waals surface area (Å²) in [7, 11) is 0. The molecule has 0 fully saturated rings. The Hall–Kier alpha value is -4.57. The maximum absolute atomic E-state index is 13.9. The SMILES string of the molecule is CCOC(=O)C(c1c(-c2ccccc2)[nH]c2ccccc12)c1c(-c2ccccc2)[nH]c2ccccc12. The van der Waals surface area contributed by atoms with Crippen molar-refractivity contribution in [3.05, 3.63) is 120 Å². The highest BCUT2D eigenvalue weighted by Crippen LogP contribution is 2.45. The third-order valence-corrected chi connectivity index (χ3v) is 6.72. The molecule has 0 aliphatic carbocycles. The number of esters is 1. The van der Waals surface area contributed by atoms with Crippen LogP contribution < -0.4 is 0 Å². The number of carbonyl (C=O) groups excluding carboxylic acids is 1. The number of aromatic nitrogens is 2. The van der Waals surface area contributed by atoms with Gasteiger partial charge in [0, 0.05) is 32.9 Å². The van der Waals surface area contributed by atoms with Gasteiger partial charge in [0.1, 0.15) is 5.92 Å². The molecule has 2 heterocycles. The van der Waals surface area contributed by atoms with Gasteiger partial charge in [-0.1, -0.05) is 97.1 Å². The first-order valence-electron chi connectivity index (χ1n) is 12.2. The predicted molar refractivity (Wildman–Crippen MR) is 146 cm³/mol. The second-order valence-electron chi connectivity index (χ2n) is 8.84. The average Bonchev–Trinajstić information content (AvgIpc) is 3.50. The van der Waals surface area contributed by atoms with Crippen molar-refractivity contribution in [3.63, 3.8) is 0 Å². The van der Waals surface area contributed by atoms with Gasteiger partial charge in [0.2, 0.25) is 0 Å². The summed E-state index contributed by atoms with van der Waals surface area (Å²) in [6, 6.07) is 36.7. The minimum Gasteiger partial charge on any atom is -0.465 e. The summed E-state index contributed by atoms with van der Waals surface area (Å²) in [6.07, 6.45) is 0. The fourth-order valence-corrected chi connectivity index (χ4v) is 5.20. The quantitative estimate of drug-likeness (QED) is 0.245. The third-order valence-electron chi connectivity index (χ3n) is 6.72. The van der Waals surface area contributed by atoms with Crippen LogP contribution in [0.15, 0.2) is 109 Å². The van der Waals surface area contributed by atoms with Crippen molar-refractivity contribution in [3.8, 4) is 22.5 Å². The van der Waals surface area contributed by atoms with E-state index in [2.05, 4.69) is 58.5 Å². The number of hydrogen-bond donors (Lipinski definition) is 2. The Labute approximate surface area is 209 Å². The van der Waals surface area contributed by atoms with Gasteiger partial charge in [0.15, 0.2) is 0 Å². The number of para-hydroxylation sites is 2. The number of H-pyrrole nitrogens is 2. The standard InChI is InChI=1S/C32H26N2O2/c1-2-36-32(35)29(27-23-17-9-11-19-25(23)33-30(27)21-13-5-3-6-14-21)28-24-18-10-12-20-26(24)34-31(28)22-15-7-4-8-16-22/h3-20,29,33-34H,2H2,1H3. The second kappa shape index (κ2) is 9.23. The van der Waals surface area contributed by atoms with Crippen LogP contribution in [0.25, 0.3) is 44.3 Å². The van der Waals surface area contributed by atoms with E-state index in [1.54, 1.807) is 0 Å². The molecule has 4 nitrogen and oxygen atoms in total. The predicted octanol–water partition coefficient (Wildman–Crippen LogP) is 7.68. The van der Waals surface area contributed by atoms with E-state index in [9.17, 15) is 4.79 Å². The lowest BCUT2D eigenvalue weighted by atomic mass is 9.84. The van der Waals surface area contributed by atoms with Gasteiger partial charge in [-0.15, -0.1) is 0 Å². The number of nitrogens with one attached hydrogen (secondary N) is 2. The number of carbonyl (C=O) groups is 1. The monoisotopic (exact) mass is 470 g/mol. The van der Waals surface area contributed by atoms with Crippen LogP contribution in [0.2, 0.25) is 0 Å². The summed E-state index contributed by atoms with van der Waals surface area (Å²) in [5.74, 6) is -0.899. The zero-order valence-electron chi connectivity index (χ0n) is 20.0. The molecule has 0 spiro atoms. The van der Waals surface area contributed by atoms with Crippen LogP contribution in [0.3, 0.4) is 0 Å². The molecular formula is C32H26N2O2. The van der Waals surface area contributed by atoms with Crippen LogP contribution in [0.4, 0.5) is 0 Å². The minimum atomic E-state index is -0.636. The zero-order valence-corrected chi connectivity index (χ0v) is 20.0. The van der Waals surface area contributed by atoms with Gasteiger partial charge < -0.3 is 14.7 Å². The number of benzene rings is 4. The Balaban J connectivity index is 1.72. The molecule has 0 aliphatic rings. The smallest absolute Gasteiger partial charge is 0.318 e. The molecule has 0 radical (unpaired) electrons. The molecule has 6 rings (SSSR count). The first kappa shape index (κ1) is 21.9. The molecule has 0 amide bonds. The van der Waals surface area contributed by atoms with E-state index in [4.69, 9.17) is 4.74 Å². The average molecular weight is 471 g/mol. The highest BCUT2D eigenvalue weighted by atomic mass is 16.5. The molecule has 2 N–H and O–H groups in total. The lowest BCUT2D eigenvalue weighted by Gasteiger charge is -2.19. The van der Waals surface area contributed by atoms with E-state index in [0.717, 1.165) is 55.4 Å². The normalized spacial score (nSPS) is 11.4. The zero-order chi connectivity index (χ0) is 24.5. The maximum atomic E-state index is 13.9. The summed E-state index contributed by atoms with van der Waals surface area (Å²) in [6.45, 7) is 2.16. The van der Waals surface area contributed by atoms with E-state index in [1.807, 2.05) is 67.6 Å². The van der Waals surface area contributed by atoms with E-state index in [0.29, 0.717) is 6.61 Å². The molecule has 0 aliphatic heterocycles. The molecule has 4 heteroatoms. The lowest BCUT2D eigenvalue weighted by molar-refractivity contribution is -0.143. The molecule has 6 aromatic rings. The second-order valence-corrected chi connectivity index (χ2v) is 8.84. The summed E-state index contributed by atoms with van der Waals surface area (Å²) in [5.41, 5.74) is 7.74. The number of hydrogen-bond acceptors (Lipinski definition) is 2. The van der Waals surface area contributed by atoms with Gasteiger partial charge in [-0.25, -0.2) is 0 Å². The largest absolute Gasteiger partial charge is 0.465 e. The van der Waals surface area contributed by atoms with Gasteiger partial charge in [0.25, 0.3) is 0 Å². The number of fused-ring (bicyclic) bond motifs is 2. The fraction of sp³-hybridized carbons (Fsp3) is 0.0938. The van der Waals surface area contributed by atoms with Crippen LogP contribution in [0.5, 0.6) is 0 Å². The first-order valence-corrected chi connectivity index (χ1v) is 12.2. The van der Waals surface area contributed by atoms with Gasteiger partial charge in [-0.05, 0) is 30.2 Å². The highest BCUT2D eigenvalue weighted by Gasteiger charge is 2.34. The molecule has 0 saturated heterocycles. The fourth-order valence-electron chi connectivity index (χ4n) is 5.20. The summed E-state index contributed by atoms with van der Waals surface area (Å²) >= 11 is 0. The Morgan fingerprint density at radius 2 is 1.06 bits per heavy atom. The van der Waals surface area contributed by atoms with E-state index >= 15 is 0 Å². The Morgan fingerprint density at radius 1 is 0.639 bits per heavy atom. The Kier molecular flexibility index (Phi) is 5.62. The van der Waals surface area contributed by atoms with Crippen LogP contribution in [0, 0.1) is 0 Å². The molecule has 0 saturated carbocycles. The third kappa shape index (κ3) is 3.68. The van der Waals surface area contributed by atoms with Crippen LogP contribution >= 0.6 is 0 Å². The molecule has 176 valence electrons.